The molecular formula is C24H22F2N2O5S. The van der Waals surface area contributed by atoms with E-state index in [9.17, 15) is 28.3 Å². The van der Waals surface area contributed by atoms with Gasteiger partial charge in [0.25, 0.3) is 5.91 Å². The number of carbonyl (C=O) groups is 3. The highest BCUT2D eigenvalue weighted by Crippen LogP contribution is 2.29. The van der Waals surface area contributed by atoms with E-state index in [2.05, 4.69) is 17.2 Å². The minimum Gasteiger partial charge on any atom is -0.480 e. The zero-order chi connectivity index (χ0) is 24.8. The number of aliphatic carboxylic acids is 1. The number of ether oxygens (including phenoxy) is 1. The van der Waals surface area contributed by atoms with E-state index in [1.807, 2.05) is 13.8 Å². The fourth-order valence-corrected chi connectivity index (χ4v) is 4.06. The fourth-order valence-electron chi connectivity index (χ4n) is 2.99. The van der Waals surface area contributed by atoms with Crippen LogP contribution in [0.5, 0.6) is 5.75 Å². The molecule has 10 heteroatoms. The number of nitrogens with zero attached hydrogens (tertiary/aromatic N) is 1. The number of urea groups is 1. The number of thioether (sulfide) groups is 1. The Labute approximate surface area is 199 Å². The predicted octanol–water partition coefficient (Wildman–Crippen LogP) is 3.71. The number of fused-ring (bicyclic) bond motifs is 1. The molecule has 1 heterocycles. The van der Waals surface area contributed by atoms with Crippen molar-refractivity contribution < 1.29 is 33.0 Å². The molecule has 2 aromatic carbocycles. The fraction of sp³-hybridized carbons (Fsp3) is 0.292. The van der Waals surface area contributed by atoms with Crippen LogP contribution < -0.4 is 10.1 Å². The van der Waals surface area contributed by atoms with Crippen LogP contribution in [-0.2, 0) is 4.79 Å². The quantitative estimate of drug-likeness (QED) is 0.602. The third kappa shape index (κ3) is 6.05. The molecule has 0 spiro atoms. The lowest BCUT2D eigenvalue weighted by Gasteiger charge is -2.29. The largest absolute Gasteiger partial charge is 0.480 e. The number of benzene rings is 2. The second-order valence-corrected chi connectivity index (χ2v) is 8.91. The smallest absolute Gasteiger partial charge is 0.327 e. The van der Waals surface area contributed by atoms with Crippen molar-refractivity contribution in [3.05, 3.63) is 64.7 Å². The van der Waals surface area contributed by atoms with Gasteiger partial charge in [-0.05, 0) is 35.9 Å². The number of para-hydroxylation sites is 1. The summed E-state index contributed by atoms with van der Waals surface area (Å²) < 4.78 is 32.5. The first-order valence-electron chi connectivity index (χ1n) is 10.3. The molecule has 0 aliphatic carbocycles. The normalized spacial score (nSPS) is 13.4. The van der Waals surface area contributed by atoms with Crippen molar-refractivity contribution in [3.63, 3.8) is 0 Å². The first kappa shape index (κ1) is 25.1. The molecule has 0 unspecified atom stereocenters. The Morgan fingerprint density at radius 1 is 1.18 bits per heavy atom. The van der Waals surface area contributed by atoms with Crippen molar-refractivity contribution >= 4 is 29.7 Å². The summed E-state index contributed by atoms with van der Waals surface area (Å²) in [6, 6.07) is 5.45. The molecule has 0 aromatic heterocycles. The van der Waals surface area contributed by atoms with Gasteiger partial charge in [-0.25, -0.2) is 23.3 Å². The van der Waals surface area contributed by atoms with Crippen LogP contribution in [0.1, 0.15) is 35.3 Å². The lowest BCUT2D eigenvalue weighted by atomic mass is 10.1. The van der Waals surface area contributed by atoms with Crippen LogP contribution in [-0.4, -0.2) is 52.2 Å². The SMILES string of the molecule is CC(C)CSC[C@H](NC(=O)N1COc2c(C#Cc3ccc(F)cc3F)cccc2C1=O)C(=O)O. The molecule has 0 radical (unpaired) electrons. The standard InChI is InChI=1S/C24H22F2N2O5S/c1-14(2)11-34-12-20(23(30)31)27-24(32)28-13-33-21-16(4-3-5-18(21)22(28)29)7-6-15-8-9-17(25)10-19(15)26/h3-5,8-10,14,20H,11-13H2,1-2H3,(H,27,32)(H,30,31)/t20-/m0/s1. The lowest BCUT2D eigenvalue weighted by molar-refractivity contribution is -0.138. The number of amides is 3. The minimum absolute atomic E-state index is 0.0304. The lowest BCUT2D eigenvalue weighted by Crippen LogP contribution is -2.53. The van der Waals surface area contributed by atoms with Crippen molar-refractivity contribution in [2.45, 2.75) is 19.9 Å². The molecule has 2 N–H and O–H groups in total. The maximum atomic E-state index is 13.9. The van der Waals surface area contributed by atoms with Gasteiger partial charge in [-0.2, -0.15) is 11.8 Å². The van der Waals surface area contributed by atoms with E-state index < -0.39 is 42.3 Å². The summed E-state index contributed by atoms with van der Waals surface area (Å²) in [6.45, 7) is 3.54. The molecule has 3 amide bonds. The van der Waals surface area contributed by atoms with Gasteiger partial charge in [0, 0.05) is 11.8 Å². The van der Waals surface area contributed by atoms with E-state index in [0.29, 0.717) is 12.0 Å². The van der Waals surface area contributed by atoms with E-state index in [1.165, 1.54) is 30.0 Å². The Kier molecular flexibility index (Phi) is 8.12. The van der Waals surface area contributed by atoms with Crippen molar-refractivity contribution in [1.29, 1.82) is 0 Å². The predicted molar refractivity (Wildman–Crippen MR) is 123 cm³/mol. The summed E-state index contributed by atoms with van der Waals surface area (Å²) in [5.74, 6) is 3.20. The number of imide groups is 1. The van der Waals surface area contributed by atoms with Crippen molar-refractivity contribution in [1.82, 2.24) is 10.2 Å². The first-order valence-corrected chi connectivity index (χ1v) is 11.5. The zero-order valence-electron chi connectivity index (χ0n) is 18.4. The Bertz CT molecular complexity index is 1180. The van der Waals surface area contributed by atoms with Crippen molar-refractivity contribution in [3.8, 4) is 17.6 Å². The minimum atomic E-state index is -1.21. The Morgan fingerprint density at radius 3 is 2.59 bits per heavy atom. The van der Waals surface area contributed by atoms with Gasteiger partial charge in [-0.3, -0.25) is 4.79 Å². The van der Waals surface area contributed by atoms with Crippen LogP contribution in [0.3, 0.4) is 0 Å². The van der Waals surface area contributed by atoms with Crippen LogP contribution in [0.4, 0.5) is 13.6 Å². The van der Waals surface area contributed by atoms with Gasteiger partial charge in [0.1, 0.15) is 23.4 Å². The highest BCUT2D eigenvalue weighted by molar-refractivity contribution is 7.99. The number of nitrogens with one attached hydrogen (secondary N) is 1. The monoisotopic (exact) mass is 488 g/mol. The van der Waals surface area contributed by atoms with Crippen LogP contribution >= 0.6 is 11.8 Å². The molecule has 0 fully saturated rings. The third-order valence-corrected chi connectivity index (χ3v) is 6.14. The molecule has 3 rings (SSSR count). The van der Waals surface area contributed by atoms with Crippen molar-refractivity contribution in [2.24, 2.45) is 5.92 Å². The number of carboxylic acid groups (broad SMARTS) is 1. The Hall–Kier alpha value is -3.58. The molecule has 34 heavy (non-hydrogen) atoms. The first-order chi connectivity index (χ1) is 16.2. The molecule has 7 nitrogen and oxygen atoms in total. The number of carbonyl (C=O) groups excluding carboxylic acids is 2. The van der Waals surface area contributed by atoms with Gasteiger partial charge in [0.2, 0.25) is 0 Å². The highest BCUT2D eigenvalue weighted by atomic mass is 32.2. The van der Waals surface area contributed by atoms with Crippen LogP contribution in [0.25, 0.3) is 0 Å². The van der Waals surface area contributed by atoms with Gasteiger partial charge in [-0.1, -0.05) is 31.8 Å². The summed E-state index contributed by atoms with van der Waals surface area (Å²) in [5.41, 5.74) is 0.300. The molecule has 1 atom stereocenters. The van der Waals surface area contributed by atoms with Gasteiger partial charge in [0.15, 0.2) is 6.73 Å². The third-order valence-electron chi connectivity index (χ3n) is 4.67. The molecule has 1 aliphatic heterocycles. The topological polar surface area (TPSA) is 95.9 Å². The zero-order valence-corrected chi connectivity index (χ0v) is 19.2. The van der Waals surface area contributed by atoms with E-state index in [-0.39, 0.29) is 28.2 Å². The number of hydrogen-bond donors (Lipinski definition) is 2. The second-order valence-electron chi connectivity index (χ2n) is 7.83. The Morgan fingerprint density at radius 2 is 1.91 bits per heavy atom. The molecule has 0 saturated carbocycles. The van der Waals surface area contributed by atoms with Crippen LogP contribution in [0.2, 0.25) is 0 Å². The molecular weight excluding hydrogens is 466 g/mol. The average molecular weight is 489 g/mol. The van der Waals surface area contributed by atoms with Gasteiger partial charge < -0.3 is 15.2 Å². The van der Waals surface area contributed by atoms with Crippen molar-refractivity contribution in [2.75, 3.05) is 18.2 Å². The van der Waals surface area contributed by atoms with Gasteiger partial charge in [-0.15, -0.1) is 0 Å². The summed E-state index contributed by atoms with van der Waals surface area (Å²) >= 11 is 1.39. The maximum Gasteiger partial charge on any atom is 0.327 e. The van der Waals surface area contributed by atoms with E-state index >= 15 is 0 Å². The van der Waals surface area contributed by atoms with Crippen LogP contribution in [0, 0.1) is 29.4 Å². The molecule has 2 aromatic rings. The molecule has 178 valence electrons. The number of hydrogen-bond acceptors (Lipinski definition) is 5. The summed E-state index contributed by atoms with van der Waals surface area (Å²) in [6.07, 6.45) is 0. The highest BCUT2D eigenvalue weighted by Gasteiger charge is 2.33. The van der Waals surface area contributed by atoms with Gasteiger partial charge >= 0.3 is 12.0 Å². The van der Waals surface area contributed by atoms with E-state index in [4.69, 9.17) is 4.74 Å². The molecule has 1 aliphatic rings. The summed E-state index contributed by atoms with van der Waals surface area (Å²) in [5, 5.41) is 11.8. The Balaban J connectivity index is 1.76. The van der Waals surface area contributed by atoms with E-state index in [0.717, 1.165) is 16.7 Å². The second kappa shape index (κ2) is 11.0. The summed E-state index contributed by atoms with van der Waals surface area (Å²) in [7, 11) is 0. The van der Waals surface area contributed by atoms with Crippen LogP contribution in [0.15, 0.2) is 36.4 Å². The average Bonchev–Trinajstić information content (AvgIpc) is 2.77. The molecule has 0 saturated heterocycles. The number of carboxylic acids is 1. The number of halogens is 2. The molecule has 0 bridgehead atoms. The number of rotatable bonds is 6. The summed E-state index contributed by atoms with van der Waals surface area (Å²) in [4.78, 5) is 37.8. The maximum absolute atomic E-state index is 13.9. The van der Waals surface area contributed by atoms with Gasteiger partial charge in [0.05, 0.1) is 16.7 Å². The van der Waals surface area contributed by atoms with E-state index in [1.54, 1.807) is 6.07 Å².